The zero-order valence-corrected chi connectivity index (χ0v) is 21.9. The topological polar surface area (TPSA) is 119 Å². The van der Waals surface area contributed by atoms with Crippen molar-refractivity contribution in [1.82, 2.24) is 35.1 Å². The zero-order valence-electron chi connectivity index (χ0n) is 21.9. The lowest BCUT2D eigenvalue weighted by atomic mass is 9.99. The van der Waals surface area contributed by atoms with E-state index < -0.39 is 5.97 Å². The third kappa shape index (κ3) is 5.91. The highest BCUT2D eigenvalue weighted by Gasteiger charge is 2.31. The number of H-pyrrole nitrogens is 1. The van der Waals surface area contributed by atoms with Gasteiger partial charge in [-0.2, -0.15) is 0 Å². The fourth-order valence-corrected chi connectivity index (χ4v) is 4.68. The van der Waals surface area contributed by atoms with Crippen molar-refractivity contribution >= 4 is 16.9 Å². The Labute approximate surface area is 215 Å². The van der Waals surface area contributed by atoms with Crippen molar-refractivity contribution in [2.24, 2.45) is 5.92 Å². The van der Waals surface area contributed by atoms with Crippen LogP contribution in [0.25, 0.3) is 10.9 Å². The zero-order chi connectivity index (χ0) is 26.5. The first-order valence-corrected chi connectivity index (χ1v) is 12.4. The number of benzene rings is 1. The Kier molecular flexibility index (Phi) is 8.08. The van der Waals surface area contributed by atoms with Gasteiger partial charge in [-0.1, -0.05) is 32.0 Å². The van der Waals surface area contributed by atoms with Crippen LogP contribution in [0.15, 0.2) is 47.5 Å². The lowest BCUT2D eigenvalue weighted by molar-refractivity contribution is -0.144. The number of aryl methyl sites for hydroxylation is 2. The Morgan fingerprint density at radius 2 is 1.95 bits per heavy atom. The van der Waals surface area contributed by atoms with Gasteiger partial charge in [-0.25, -0.2) is 4.68 Å². The van der Waals surface area contributed by atoms with Gasteiger partial charge in [0.2, 0.25) is 0 Å². The van der Waals surface area contributed by atoms with Crippen LogP contribution >= 0.6 is 0 Å². The number of nitrogens with zero attached hydrogens (tertiary/aromatic N) is 6. The molecule has 4 aromatic rings. The Bertz CT molecular complexity index is 1430. The van der Waals surface area contributed by atoms with Crippen LogP contribution in [-0.4, -0.2) is 47.7 Å². The number of aromatic amines is 1. The highest BCUT2D eigenvalue weighted by atomic mass is 16.5. The van der Waals surface area contributed by atoms with Crippen molar-refractivity contribution < 1.29 is 9.53 Å². The summed E-state index contributed by atoms with van der Waals surface area (Å²) < 4.78 is 6.60. The molecule has 0 amide bonds. The van der Waals surface area contributed by atoms with Crippen LogP contribution in [-0.2, 0) is 29.2 Å². The Morgan fingerprint density at radius 3 is 2.65 bits per heavy atom. The predicted octanol–water partition coefficient (Wildman–Crippen LogP) is 3.49. The quantitative estimate of drug-likeness (QED) is 0.327. The molecule has 0 bridgehead atoms. The van der Waals surface area contributed by atoms with Crippen LogP contribution in [0.3, 0.4) is 0 Å². The maximum absolute atomic E-state index is 13.2. The molecule has 10 heteroatoms. The summed E-state index contributed by atoms with van der Waals surface area (Å²) in [5.74, 6) is 0.192. The molecule has 0 unspecified atom stereocenters. The summed E-state index contributed by atoms with van der Waals surface area (Å²) in [5, 5.41) is 13.3. The molecule has 0 saturated carbocycles. The van der Waals surface area contributed by atoms with E-state index in [2.05, 4.69) is 50.3 Å². The average Bonchev–Trinajstić information content (AvgIpc) is 3.30. The van der Waals surface area contributed by atoms with E-state index in [0.717, 1.165) is 27.6 Å². The van der Waals surface area contributed by atoms with Crippen molar-refractivity contribution in [1.29, 1.82) is 0 Å². The lowest BCUT2D eigenvalue weighted by Gasteiger charge is -2.33. The molecule has 0 spiro atoms. The lowest BCUT2D eigenvalue weighted by Crippen LogP contribution is -2.35. The van der Waals surface area contributed by atoms with Crippen molar-refractivity contribution in [3.8, 4) is 0 Å². The molecular formula is C27H33N7O3. The molecule has 1 N–H and O–H groups in total. The highest BCUT2D eigenvalue weighted by Crippen LogP contribution is 2.30. The van der Waals surface area contributed by atoms with Gasteiger partial charge in [0, 0.05) is 36.4 Å². The second-order valence-electron chi connectivity index (χ2n) is 9.57. The summed E-state index contributed by atoms with van der Waals surface area (Å²) in [6.45, 7) is 11.0. The number of esters is 1. The Morgan fingerprint density at radius 1 is 1.16 bits per heavy atom. The van der Waals surface area contributed by atoms with Gasteiger partial charge in [0.15, 0.2) is 5.82 Å². The number of hydrogen-bond acceptors (Lipinski definition) is 8. The fraction of sp³-hybridized carbons (Fsp3) is 0.407. The first-order valence-electron chi connectivity index (χ1n) is 12.4. The summed E-state index contributed by atoms with van der Waals surface area (Å²) in [7, 11) is 0. The minimum Gasteiger partial charge on any atom is -0.465 e. The second-order valence-corrected chi connectivity index (χ2v) is 9.57. The highest BCUT2D eigenvalue weighted by molar-refractivity contribution is 5.85. The average molecular weight is 504 g/mol. The number of aromatic nitrogens is 6. The van der Waals surface area contributed by atoms with Crippen LogP contribution in [0.1, 0.15) is 54.9 Å². The molecule has 0 aliphatic rings. The molecule has 37 heavy (non-hydrogen) atoms. The number of rotatable bonds is 10. The van der Waals surface area contributed by atoms with E-state index in [9.17, 15) is 9.59 Å². The van der Waals surface area contributed by atoms with E-state index in [0.29, 0.717) is 24.5 Å². The van der Waals surface area contributed by atoms with E-state index in [1.807, 2.05) is 44.3 Å². The number of ether oxygens (including phenoxy) is 1. The van der Waals surface area contributed by atoms with Gasteiger partial charge in [0.05, 0.1) is 18.2 Å². The van der Waals surface area contributed by atoms with E-state index >= 15 is 0 Å². The molecule has 0 fully saturated rings. The molecule has 3 heterocycles. The molecule has 0 saturated heterocycles. The minimum atomic E-state index is -0.408. The Balaban J connectivity index is 1.78. The maximum Gasteiger partial charge on any atom is 0.327 e. The molecular weight excluding hydrogens is 470 g/mol. The Hall–Kier alpha value is -3.92. The van der Waals surface area contributed by atoms with Gasteiger partial charge < -0.3 is 9.72 Å². The number of carbonyl (C=O) groups excluding carboxylic acids is 1. The largest absolute Gasteiger partial charge is 0.465 e. The third-order valence-electron chi connectivity index (χ3n) is 6.44. The summed E-state index contributed by atoms with van der Waals surface area (Å²) >= 11 is 0. The number of tetrazole rings is 1. The minimum absolute atomic E-state index is 0.0622. The van der Waals surface area contributed by atoms with Crippen molar-refractivity contribution in [2.45, 2.75) is 60.3 Å². The van der Waals surface area contributed by atoms with Crippen LogP contribution in [0.2, 0.25) is 0 Å². The van der Waals surface area contributed by atoms with E-state index in [1.54, 1.807) is 13.1 Å². The van der Waals surface area contributed by atoms with Gasteiger partial charge in [0.25, 0.3) is 5.56 Å². The standard InChI is InChI=1S/C27H33N7O3/c1-6-37-23(35)16-34-26(30-31-32-34)25(17(2)3)33(14-20-8-7-11-28-13-20)15-21-12-22-18(4)9-10-19(5)24(22)29-27(21)36/h7-13,17,25H,6,14-16H2,1-5H3,(H,29,36)/t25-/m0/s1. The van der Waals surface area contributed by atoms with Crippen molar-refractivity contribution in [3.05, 3.63) is 81.2 Å². The second kappa shape index (κ2) is 11.4. The molecule has 10 nitrogen and oxygen atoms in total. The normalized spacial score (nSPS) is 12.4. The number of hydrogen-bond donors (Lipinski definition) is 1. The first-order chi connectivity index (χ1) is 17.8. The monoisotopic (exact) mass is 503 g/mol. The first kappa shape index (κ1) is 26.2. The molecule has 0 aliphatic heterocycles. The summed E-state index contributed by atoms with van der Waals surface area (Å²) in [6.07, 6.45) is 3.54. The van der Waals surface area contributed by atoms with Crippen LogP contribution < -0.4 is 5.56 Å². The number of fused-ring (bicyclic) bond motifs is 1. The number of nitrogens with one attached hydrogen (secondary N) is 1. The van der Waals surface area contributed by atoms with Gasteiger partial charge in [-0.05, 0) is 65.9 Å². The predicted molar refractivity (Wildman–Crippen MR) is 140 cm³/mol. The third-order valence-corrected chi connectivity index (χ3v) is 6.44. The van der Waals surface area contributed by atoms with E-state index in [1.165, 1.54) is 4.68 Å². The fourth-order valence-electron chi connectivity index (χ4n) is 4.68. The molecule has 1 aromatic carbocycles. The van der Waals surface area contributed by atoms with Gasteiger partial charge >= 0.3 is 5.97 Å². The van der Waals surface area contributed by atoms with Gasteiger partial charge in [-0.3, -0.25) is 19.5 Å². The maximum atomic E-state index is 13.2. The molecule has 1 atom stereocenters. The van der Waals surface area contributed by atoms with Crippen LogP contribution in [0, 0.1) is 19.8 Å². The van der Waals surface area contributed by atoms with E-state index in [4.69, 9.17) is 4.74 Å². The van der Waals surface area contributed by atoms with Crippen LogP contribution in [0.4, 0.5) is 0 Å². The summed E-state index contributed by atoms with van der Waals surface area (Å²) in [4.78, 5) is 35.0. The molecule has 0 radical (unpaired) electrons. The number of carbonyl (C=O) groups is 1. The molecule has 3 aromatic heterocycles. The van der Waals surface area contributed by atoms with Crippen LogP contribution in [0.5, 0.6) is 0 Å². The molecule has 4 rings (SSSR count). The van der Waals surface area contributed by atoms with Crippen molar-refractivity contribution in [3.63, 3.8) is 0 Å². The molecule has 194 valence electrons. The van der Waals surface area contributed by atoms with Gasteiger partial charge in [0.1, 0.15) is 6.54 Å². The SMILES string of the molecule is CCOC(=O)Cn1nnnc1[C@H](C(C)C)N(Cc1cccnc1)Cc1cc2c(C)ccc(C)c2[nH]c1=O. The molecule has 0 aliphatic carbocycles. The smallest absolute Gasteiger partial charge is 0.327 e. The summed E-state index contributed by atoms with van der Waals surface area (Å²) in [5.41, 5.74) is 4.46. The van der Waals surface area contributed by atoms with Gasteiger partial charge in [-0.15, -0.1) is 5.10 Å². The summed E-state index contributed by atoms with van der Waals surface area (Å²) in [6, 6.07) is 9.65. The number of pyridine rings is 2. The van der Waals surface area contributed by atoms with Crippen molar-refractivity contribution in [2.75, 3.05) is 6.61 Å². The van der Waals surface area contributed by atoms with E-state index in [-0.39, 0.29) is 30.7 Å².